The average Bonchev–Trinajstić information content (AvgIpc) is 3.41. The Morgan fingerprint density at radius 3 is 2.50 bits per heavy atom. The Balaban J connectivity index is 1.61. The summed E-state index contributed by atoms with van der Waals surface area (Å²) in [6.07, 6.45) is 1.20. The van der Waals surface area contributed by atoms with E-state index in [4.69, 9.17) is 11.6 Å². The molecule has 1 aromatic rings. The number of aliphatic hydroxyl groups excluding tert-OH is 1. The fourth-order valence-corrected chi connectivity index (χ4v) is 6.03. The molecule has 3 fully saturated rings. The first-order valence-corrected chi connectivity index (χ1v) is 11.6. The molecule has 5 nitrogen and oxygen atoms in total. The maximum absolute atomic E-state index is 15.0. The van der Waals surface area contributed by atoms with Crippen molar-refractivity contribution in [3.63, 3.8) is 0 Å². The second kappa shape index (κ2) is 8.52. The Morgan fingerprint density at radius 1 is 1.22 bits per heavy atom. The van der Waals surface area contributed by atoms with Gasteiger partial charge in [0.1, 0.15) is 17.3 Å². The molecule has 2 bridgehead atoms. The van der Waals surface area contributed by atoms with Gasteiger partial charge in [-0.15, -0.1) is 0 Å². The number of aliphatic hydroxyl groups is 1. The highest BCUT2D eigenvalue weighted by atomic mass is 35.5. The van der Waals surface area contributed by atoms with E-state index in [9.17, 15) is 23.5 Å². The third kappa shape index (κ3) is 4.12. The van der Waals surface area contributed by atoms with Crippen LogP contribution in [0.15, 0.2) is 12.1 Å². The van der Waals surface area contributed by atoms with Gasteiger partial charge in [-0.1, -0.05) is 18.5 Å². The molecule has 1 aromatic carbocycles. The normalized spacial score (nSPS) is 34.5. The van der Waals surface area contributed by atoms with E-state index in [0.717, 1.165) is 12.1 Å². The van der Waals surface area contributed by atoms with Gasteiger partial charge in [-0.2, -0.15) is 0 Å². The van der Waals surface area contributed by atoms with Crippen LogP contribution < -0.4 is 10.6 Å². The van der Waals surface area contributed by atoms with Gasteiger partial charge in [-0.3, -0.25) is 9.59 Å². The smallest absolute Gasteiger partial charge is 0.223 e. The van der Waals surface area contributed by atoms with Gasteiger partial charge in [0.15, 0.2) is 0 Å². The van der Waals surface area contributed by atoms with Gasteiger partial charge >= 0.3 is 0 Å². The Hall–Kier alpha value is -1.80. The van der Waals surface area contributed by atoms with E-state index >= 15 is 4.39 Å². The van der Waals surface area contributed by atoms with E-state index < -0.39 is 52.7 Å². The summed E-state index contributed by atoms with van der Waals surface area (Å²) >= 11 is 5.93. The molecule has 0 radical (unpaired) electrons. The number of carbonyl (C=O) groups is 2. The van der Waals surface area contributed by atoms with Gasteiger partial charge in [0, 0.05) is 17.9 Å². The molecule has 3 unspecified atom stereocenters. The lowest BCUT2D eigenvalue weighted by Gasteiger charge is -2.37. The fourth-order valence-electron chi connectivity index (χ4n) is 5.86. The molecular weight excluding hydrogens is 445 g/mol. The average molecular weight is 473 g/mol. The van der Waals surface area contributed by atoms with Crippen LogP contribution in [0.3, 0.4) is 0 Å². The van der Waals surface area contributed by atoms with E-state index in [1.165, 1.54) is 0 Å². The lowest BCUT2D eigenvalue weighted by molar-refractivity contribution is -0.127. The number of fused-ring (bicyclic) bond motifs is 2. The van der Waals surface area contributed by atoms with E-state index in [1.54, 1.807) is 6.92 Å². The molecule has 3 N–H and O–H groups in total. The number of hydrogen-bond donors (Lipinski definition) is 3. The van der Waals surface area contributed by atoms with E-state index in [0.29, 0.717) is 12.8 Å². The summed E-state index contributed by atoms with van der Waals surface area (Å²) < 4.78 is 44.8. The summed E-state index contributed by atoms with van der Waals surface area (Å²) in [5.74, 6) is -3.14. The lowest BCUT2D eigenvalue weighted by Crippen LogP contribution is -2.43. The van der Waals surface area contributed by atoms with Crippen LogP contribution in [0, 0.1) is 23.0 Å². The number of rotatable bonds is 6. The number of amides is 2. The maximum Gasteiger partial charge on any atom is 0.223 e. The number of nitrogens with one attached hydrogen (secondary N) is 2. The van der Waals surface area contributed by atoms with Gasteiger partial charge in [-0.05, 0) is 62.5 Å². The van der Waals surface area contributed by atoms with Crippen molar-refractivity contribution >= 4 is 23.4 Å². The van der Waals surface area contributed by atoms with Gasteiger partial charge in [0.2, 0.25) is 11.8 Å². The van der Waals surface area contributed by atoms with Crippen LogP contribution in [0.25, 0.3) is 0 Å². The molecule has 0 aromatic heterocycles. The fraction of sp³-hybridized carbons (Fsp3) is 0.652. The molecule has 0 aliphatic heterocycles. The standard InChI is InChI=1S/C23H28ClF3N2O3/c1-2-17(31)28-15-9-12(10-16(15)30)21(32)29-20(18-14(25)4-3-13(24)19(18)26)22-5-7-23(27,11-22)8-6-22/h3-4,12,15-16,20,30H,2,5-11H2,1H3,(H,28,31)(H,29,32)/t12-,15?,16?,20?,22?,23?/m1/s1. The second-order valence-corrected chi connectivity index (χ2v) is 10.1. The van der Waals surface area contributed by atoms with Crippen molar-refractivity contribution in [1.82, 2.24) is 10.6 Å². The topological polar surface area (TPSA) is 78.4 Å². The first-order valence-electron chi connectivity index (χ1n) is 11.2. The van der Waals surface area contributed by atoms with Crippen LogP contribution in [0.4, 0.5) is 13.2 Å². The maximum atomic E-state index is 15.0. The Kier molecular flexibility index (Phi) is 6.22. The molecule has 3 aliphatic rings. The number of carbonyl (C=O) groups excluding carboxylic acids is 2. The lowest BCUT2D eigenvalue weighted by atomic mass is 9.74. The van der Waals surface area contributed by atoms with Crippen LogP contribution >= 0.6 is 11.6 Å². The van der Waals surface area contributed by atoms with E-state index in [2.05, 4.69) is 10.6 Å². The van der Waals surface area contributed by atoms with Crippen molar-refractivity contribution in [2.45, 2.75) is 82.1 Å². The summed E-state index contributed by atoms with van der Waals surface area (Å²) in [5, 5.41) is 15.5. The molecule has 2 amide bonds. The molecule has 0 heterocycles. The van der Waals surface area contributed by atoms with Crippen molar-refractivity contribution in [1.29, 1.82) is 0 Å². The monoisotopic (exact) mass is 472 g/mol. The quantitative estimate of drug-likeness (QED) is 0.545. The molecule has 4 atom stereocenters. The first kappa shape index (κ1) is 23.4. The van der Waals surface area contributed by atoms with E-state index in [-0.39, 0.29) is 55.0 Å². The highest BCUT2D eigenvalue weighted by molar-refractivity contribution is 6.30. The minimum absolute atomic E-state index is 0.119. The predicted molar refractivity (Wildman–Crippen MR) is 113 cm³/mol. The van der Waals surface area contributed by atoms with Crippen LogP contribution in [0.5, 0.6) is 0 Å². The molecule has 3 saturated carbocycles. The molecule has 32 heavy (non-hydrogen) atoms. The molecule has 176 valence electrons. The third-order valence-corrected chi connectivity index (χ3v) is 7.94. The van der Waals surface area contributed by atoms with Gasteiger partial charge in [0.05, 0.1) is 23.2 Å². The number of hydrogen-bond acceptors (Lipinski definition) is 3. The SMILES string of the molecule is CCC(=O)NC1C[C@@H](C(=O)NC(c2c(F)ccc(Cl)c2F)C23CCC(F)(CC2)C3)CC1O. The molecule has 4 rings (SSSR count). The summed E-state index contributed by atoms with van der Waals surface area (Å²) in [6.45, 7) is 1.69. The highest BCUT2D eigenvalue weighted by Crippen LogP contribution is 2.63. The van der Waals surface area contributed by atoms with Crippen LogP contribution in [-0.4, -0.2) is 34.7 Å². The predicted octanol–water partition coefficient (Wildman–Crippen LogP) is 4.11. The van der Waals surface area contributed by atoms with Crippen LogP contribution in [0.1, 0.15) is 69.9 Å². The molecule has 3 aliphatic carbocycles. The summed E-state index contributed by atoms with van der Waals surface area (Å²) in [6, 6.07) is 0.531. The Bertz CT molecular complexity index is 920. The van der Waals surface area contributed by atoms with Gasteiger partial charge in [-0.25, -0.2) is 13.2 Å². The Morgan fingerprint density at radius 2 is 1.91 bits per heavy atom. The van der Waals surface area contributed by atoms with Crippen LogP contribution in [-0.2, 0) is 9.59 Å². The van der Waals surface area contributed by atoms with E-state index in [1.807, 2.05) is 0 Å². The number of benzene rings is 1. The zero-order valence-electron chi connectivity index (χ0n) is 17.9. The minimum Gasteiger partial charge on any atom is -0.391 e. The zero-order chi connectivity index (χ0) is 23.3. The summed E-state index contributed by atoms with van der Waals surface area (Å²) in [7, 11) is 0. The molecular formula is C23H28ClF3N2O3. The summed E-state index contributed by atoms with van der Waals surface area (Å²) in [4.78, 5) is 24.9. The summed E-state index contributed by atoms with van der Waals surface area (Å²) in [5.41, 5.74) is -2.52. The number of halogens is 4. The van der Waals surface area contributed by atoms with Gasteiger partial charge in [0.25, 0.3) is 0 Å². The first-order chi connectivity index (χ1) is 15.1. The van der Waals surface area contributed by atoms with Crippen molar-refractivity contribution in [2.75, 3.05) is 0 Å². The highest BCUT2D eigenvalue weighted by Gasteiger charge is 2.59. The second-order valence-electron chi connectivity index (χ2n) is 9.65. The Labute approximate surface area is 190 Å². The van der Waals surface area contributed by atoms with Crippen LogP contribution in [0.2, 0.25) is 5.02 Å². The molecule has 0 spiro atoms. The number of alkyl halides is 1. The largest absolute Gasteiger partial charge is 0.391 e. The molecule has 0 saturated heterocycles. The zero-order valence-corrected chi connectivity index (χ0v) is 18.7. The minimum atomic E-state index is -1.38. The van der Waals surface area contributed by atoms with Gasteiger partial charge < -0.3 is 15.7 Å². The molecule has 9 heteroatoms. The third-order valence-electron chi connectivity index (χ3n) is 7.65. The van der Waals surface area contributed by atoms with Crippen molar-refractivity contribution in [2.24, 2.45) is 11.3 Å². The van der Waals surface area contributed by atoms with Crippen molar-refractivity contribution < 1.29 is 27.9 Å². The van der Waals surface area contributed by atoms with Crippen molar-refractivity contribution in [3.05, 3.63) is 34.4 Å². The van der Waals surface area contributed by atoms with Crippen molar-refractivity contribution in [3.8, 4) is 0 Å².